The van der Waals surface area contributed by atoms with Crippen molar-refractivity contribution in [3.8, 4) is 11.8 Å². The van der Waals surface area contributed by atoms with Crippen molar-refractivity contribution in [2.45, 2.75) is 32.1 Å². The number of hydrogen-bond acceptors (Lipinski definition) is 0. The van der Waals surface area contributed by atoms with E-state index in [1.54, 1.807) is 0 Å². The van der Waals surface area contributed by atoms with Gasteiger partial charge < -0.3 is 0 Å². The maximum Gasteiger partial charge on any atom is 0.0248 e. The minimum atomic E-state index is 0.777. The second kappa shape index (κ2) is 6.18. The van der Waals surface area contributed by atoms with Gasteiger partial charge in [0.25, 0.3) is 0 Å². The molecule has 0 amide bonds. The van der Waals surface area contributed by atoms with Gasteiger partial charge in [0.05, 0.1) is 0 Å². The van der Waals surface area contributed by atoms with Gasteiger partial charge in [-0.05, 0) is 37.0 Å². The molecule has 1 aromatic rings. The molecule has 0 heterocycles. The Labute approximate surface area is 98.4 Å². The van der Waals surface area contributed by atoms with Crippen LogP contribution in [0, 0.1) is 17.8 Å². The van der Waals surface area contributed by atoms with Gasteiger partial charge in [-0.2, -0.15) is 0 Å². The fraction of sp³-hybridized carbons (Fsp3) is 0.375. The van der Waals surface area contributed by atoms with E-state index in [0.717, 1.165) is 11.5 Å². The number of hydrogen-bond donors (Lipinski definition) is 0. The van der Waals surface area contributed by atoms with Crippen molar-refractivity contribution >= 4 is 0 Å². The van der Waals surface area contributed by atoms with Crippen molar-refractivity contribution in [3.05, 3.63) is 48.0 Å². The number of allylic oxidation sites excluding steroid dienone is 2. The van der Waals surface area contributed by atoms with E-state index in [-0.39, 0.29) is 0 Å². The predicted molar refractivity (Wildman–Crippen MR) is 69.0 cm³/mol. The van der Waals surface area contributed by atoms with Crippen molar-refractivity contribution in [2.24, 2.45) is 5.92 Å². The molecule has 0 saturated heterocycles. The molecule has 0 aromatic heterocycles. The second-order valence-electron chi connectivity index (χ2n) is 4.39. The average molecular weight is 210 g/mol. The summed E-state index contributed by atoms with van der Waals surface area (Å²) in [6, 6.07) is 10.1. The van der Waals surface area contributed by atoms with Crippen molar-refractivity contribution in [1.82, 2.24) is 0 Å². The Balaban J connectivity index is 1.86. The molecule has 1 saturated carbocycles. The highest BCUT2D eigenvalue weighted by molar-refractivity contribution is 5.36. The van der Waals surface area contributed by atoms with Crippen LogP contribution in [0.3, 0.4) is 0 Å². The average Bonchev–Trinajstić information content (AvgIpc) is 2.37. The summed E-state index contributed by atoms with van der Waals surface area (Å²) in [6.45, 7) is 0. The molecule has 0 atom stereocenters. The minimum absolute atomic E-state index is 0.777. The molecule has 0 spiro atoms. The van der Waals surface area contributed by atoms with Crippen LogP contribution in [-0.2, 0) is 0 Å². The first-order valence-corrected chi connectivity index (χ1v) is 6.18. The first-order valence-electron chi connectivity index (χ1n) is 6.18. The Morgan fingerprint density at radius 2 is 1.75 bits per heavy atom. The van der Waals surface area contributed by atoms with Crippen LogP contribution in [0.2, 0.25) is 0 Å². The SMILES string of the molecule is C(#Cc1ccccc1)/C=C/C1CCCCC1. The van der Waals surface area contributed by atoms with Crippen molar-refractivity contribution in [1.29, 1.82) is 0 Å². The highest BCUT2D eigenvalue weighted by atomic mass is 14.1. The third kappa shape index (κ3) is 3.59. The van der Waals surface area contributed by atoms with Crippen LogP contribution in [0.25, 0.3) is 0 Å². The Hall–Kier alpha value is -1.48. The largest absolute Gasteiger partial charge is 0.0730 e. The van der Waals surface area contributed by atoms with E-state index in [1.807, 2.05) is 36.4 Å². The smallest absolute Gasteiger partial charge is 0.0248 e. The van der Waals surface area contributed by atoms with Gasteiger partial charge in [0.1, 0.15) is 0 Å². The Morgan fingerprint density at radius 3 is 2.50 bits per heavy atom. The van der Waals surface area contributed by atoms with E-state index in [4.69, 9.17) is 0 Å². The van der Waals surface area contributed by atoms with Crippen LogP contribution in [0.5, 0.6) is 0 Å². The van der Waals surface area contributed by atoms with E-state index >= 15 is 0 Å². The normalized spacial score (nSPS) is 17.0. The summed E-state index contributed by atoms with van der Waals surface area (Å²) in [5.74, 6) is 7.04. The maximum atomic E-state index is 3.15. The van der Waals surface area contributed by atoms with E-state index in [1.165, 1.54) is 32.1 Å². The highest BCUT2D eigenvalue weighted by Crippen LogP contribution is 2.24. The first kappa shape index (κ1) is 11.0. The first-order chi connectivity index (χ1) is 7.95. The van der Waals surface area contributed by atoms with Gasteiger partial charge in [0.2, 0.25) is 0 Å². The van der Waals surface area contributed by atoms with Gasteiger partial charge in [-0.25, -0.2) is 0 Å². The molecule has 0 aliphatic heterocycles. The van der Waals surface area contributed by atoms with E-state index in [0.29, 0.717) is 0 Å². The Bertz CT molecular complexity index is 383. The lowest BCUT2D eigenvalue weighted by atomic mass is 9.89. The predicted octanol–water partition coefficient (Wildman–Crippen LogP) is 4.17. The second-order valence-corrected chi connectivity index (χ2v) is 4.39. The molecule has 0 heteroatoms. The molecule has 1 aliphatic rings. The molecule has 0 unspecified atom stereocenters. The molecule has 0 N–H and O–H groups in total. The molecular formula is C16H18. The number of rotatable bonds is 1. The summed E-state index contributed by atoms with van der Waals surface area (Å²) in [4.78, 5) is 0. The van der Waals surface area contributed by atoms with Crippen molar-refractivity contribution in [2.75, 3.05) is 0 Å². The molecule has 0 bridgehead atoms. The molecule has 0 nitrogen and oxygen atoms in total. The van der Waals surface area contributed by atoms with Gasteiger partial charge in [-0.3, -0.25) is 0 Å². The lowest BCUT2D eigenvalue weighted by molar-refractivity contribution is 0.419. The molecule has 2 rings (SSSR count). The lowest BCUT2D eigenvalue weighted by Gasteiger charge is -2.17. The van der Waals surface area contributed by atoms with Gasteiger partial charge in [-0.15, -0.1) is 0 Å². The van der Waals surface area contributed by atoms with Gasteiger partial charge in [0, 0.05) is 5.56 Å². The van der Waals surface area contributed by atoms with Crippen LogP contribution in [-0.4, -0.2) is 0 Å². The molecular weight excluding hydrogens is 192 g/mol. The summed E-state index contributed by atoms with van der Waals surface area (Å²) in [5, 5.41) is 0. The minimum Gasteiger partial charge on any atom is -0.0730 e. The Kier molecular flexibility index (Phi) is 4.26. The molecule has 16 heavy (non-hydrogen) atoms. The molecule has 82 valence electrons. The zero-order valence-corrected chi connectivity index (χ0v) is 9.65. The maximum absolute atomic E-state index is 3.15. The third-order valence-corrected chi connectivity index (χ3v) is 3.09. The van der Waals surface area contributed by atoms with Gasteiger partial charge in [0.15, 0.2) is 0 Å². The lowest BCUT2D eigenvalue weighted by Crippen LogP contribution is -2.02. The summed E-state index contributed by atoms with van der Waals surface area (Å²) in [6.07, 6.45) is 11.2. The molecule has 1 aromatic carbocycles. The van der Waals surface area contributed by atoms with Crippen LogP contribution in [0.15, 0.2) is 42.5 Å². The number of benzene rings is 1. The van der Waals surface area contributed by atoms with Crippen molar-refractivity contribution in [3.63, 3.8) is 0 Å². The van der Waals surface area contributed by atoms with Crippen LogP contribution in [0.1, 0.15) is 37.7 Å². The Morgan fingerprint density at radius 1 is 1.00 bits per heavy atom. The summed E-state index contributed by atoms with van der Waals surface area (Å²) < 4.78 is 0. The zero-order chi connectivity index (χ0) is 11.1. The van der Waals surface area contributed by atoms with Gasteiger partial charge in [-0.1, -0.05) is 55.4 Å². The quantitative estimate of drug-likeness (QED) is 0.610. The fourth-order valence-corrected chi connectivity index (χ4v) is 2.16. The van der Waals surface area contributed by atoms with Crippen LogP contribution >= 0.6 is 0 Å². The fourth-order valence-electron chi connectivity index (χ4n) is 2.16. The molecule has 0 radical (unpaired) electrons. The standard InChI is InChI=1S/C16H18/c1-3-9-15(10-4-1)13-7-8-14-16-11-5-2-6-12-16/h1,3-4,8-10,14,16H,2,5-6,11-12H2/b14-8+. The summed E-state index contributed by atoms with van der Waals surface area (Å²) in [7, 11) is 0. The molecule has 1 aliphatic carbocycles. The van der Waals surface area contributed by atoms with Crippen LogP contribution < -0.4 is 0 Å². The summed E-state index contributed by atoms with van der Waals surface area (Å²) in [5.41, 5.74) is 1.09. The molecule has 1 fully saturated rings. The van der Waals surface area contributed by atoms with Gasteiger partial charge >= 0.3 is 0 Å². The highest BCUT2D eigenvalue weighted by Gasteiger charge is 2.08. The van der Waals surface area contributed by atoms with E-state index < -0.39 is 0 Å². The van der Waals surface area contributed by atoms with Crippen LogP contribution in [0.4, 0.5) is 0 Å². The third-order valence-electron chi connectivity index (χ3n) is 3.09. The summed E-state index contributed by atoms with van der Waals surface area (Å²) >= 11 is 0. The van der Waals surface area contributed by atoms with E-state index in [9.17, 15) is 0 Å². The topological polar surface area (TPSA) is 0 Å². The zero-order valence-electron chi connectivity index (χ0n) is 9.65. The monoisotopic (exact) mass is 210 g/mol. The van der Waals surface area contributed by atoms with Crippen molar-refractivity contribution < 1.29 is 0 Å². The van der Waals surface area contributed by atoms with E-state index in [2.05, 4.69) is 17.9 Å².